The molecule has 0 amide bonds. The summed E-state index contributed by atoms with van der Waals surface area (Å²) in [6.07, 6.45) is 1.68. The number of para-hydroxylation sites is 1. The minimum absolute atomic E-state index is 0.0204. The van der Waals surface area contributed by atoms with E-state index in [2.05, 4.69) is 47.2 Å². The van der Waals surface area contributed by atoms with E-state index >= 15 is 0 Å². The normalized spacial score (nSPS) is 14.0. The third kappa shape index (κ3) is 5.03. The van der Waals surface area contributed by atoms with E-state index in [-0.39, 0.29) is 16.0 Å². The molecular formula is C26H33N7O3. The van der Waals surface area contributed by atoms with E-state index in [0.717, 1.165) is 24.6 Å². The number of likely N-dealkylation sites (N-methyl/N-ethyl adjacent to an activating group) is 2. The van der Waals surface area contributed by atoms with Crippen molar-refractivity contribution < 1.29 is 9.66 Å². The van der Waals surface area contributed by atoms with E-state index in [1.54, 1.807) is 12.3 Å². The van der Waals surface area contributed by atoms with E-state index in [1.165, 1.54) is 18.7 Å². The molecule has 190 valence electrons. The molecule has 1 aromatic heterocycles. The molecule has 1 N–H and O–H groups in total. The molecule has 3 aromatic rings. The van der Waals surface area contributed by atoms with Crippen LogP contribution in [0.1, 0.15) is 19.4 Å². The quantitative estimate of drug-likeness (QED) is 0.341. The zero-order valence-corrected chi connectivity index (χ0v) is 21.6. The third-order valence-electron chi connectivity index (χ3n) is 6.43. The molecule has 10 nitrogen and oxygen atoms in total. The molecule has 0 bridgehead atoms. The molecule has 10 heteroatoms. The van der Waals surface area contributed by atoms with Crippen LogP contribution in [0.2, 0.25) is 0 Å². The topological polar surface area (TPSA) is 99.9 Å². The van der Waals surface area contributed by atoms with Crippen molar-refractivity contribution >= 4 is 34.5 Å². The molecule has 0 spiro atoms. The number of hydrogen-bond donors (Lipinski definition) is 1. The van der Waals surface area contributed by atoms with Gasteiger partial charge in [0.15, 0.2) is 0 Å². The van der Waals surface area contributed by atoms with E-state index in [4.69, 9.17) is 9.72 Å². The number of anilines is 5. The molecule has 2 heterocycles. The van der Waals surface area contributed by atoms with Crippen LogP contribution in [-0.4, -0.2) is 67.7 Å². The van der Waals surface area contributed by atoms with Crippen LogP contribution < -0.4 is 19.9 Å². The van der Waals surface area contributed by atoms with Gasteiger partial charge in [-0.05, 0) is 31.8 Å². The lowest BCUT2D eigenvalue weighted by molar-refractivity contribution is -0.384. The van der Waals surface area contributed by atoms with Gasteiger partial charge in [-0.25, -0.2) is 4.98 Å². The van der Waals surface area contributed by atoms with Gasteiger partial charge in [0.1, 0.15) is 17.3 Å². The summed E-state index contributed by atoms with van der Waals surface area (Å²) in [7, 11) is 7.30. The second kappa shape index (κ2) is 9.98. The Morgan fingerprint density at radius 1 is 1.17 bits per heavy atom. The SMILES string of the molecule is COc1cc(N(C)CCN(C)C)c([N+](=O)[O-])cc1Nc1nccc(N2CC(C)(C)c3ccccc32)n1. The number of rotatable bonds is 9. The van der Waals surface area contributed by atoms with Gasteiger partial charge in [0.05, 0.1) is 17.7 Å². The maximum atomic E-state index is 11.9. The molecule has 1 aliphatic heterocycles. The lowest BCUT2D eigenvalue weighted by atomic mass is 9.87. The summed E-state index contributed by atoms with van der Waals surface area (Å²) in [5.41, 5.74) is 3.25. The third-order valence-corrected chi connectivity index (χ3v) is 6.43. The molecule has 0 saturated carbocycles. The van der Waals surface area contributed by atoms with E-state index in [0.29, 0.717) is 29.6 Å². The highest BCUT2D eigenvalue weighted by atomic mass is 16.6. The summed E-state index contributed by atoms with van der Waals surface area (Å²) in [5.74, 6) is 1.55. The zero-order chi connectivity index (χ0) is 26.0. The van der Waals surface area contributed by atoms with Crippen molar-refractivity contribution in [2.24, 2.45) is 0 Å². The maximum absolute atomic E-state index is 11.9. The molecule has 36 heavy (non-hydrogen) atoms. The largest absolute Gasteiger partial charge is 0.494 e. The molecular weight excluding hydrogens is 458 g/mol. The first-order chi connectivity index (χ1) is 17.1. The Morgan fingerprint density at radius 3 is 2.61 bits per heavy atom. The number of hydrogen-bond acceptors (Lipinski definition) is 9. The molecule has 4 rings (SSSR count). The summed E-state index contributed by atoms with van der Waals surface area (Å²) in [4.78, 5) is 26.7. The average Bonchev–Trinajstić information content (AvgIpc) is 3.13. The van der Waals surface area contributed by atoms with Crippen LogP contribution >= 0.6 is 0 Å². The van der Waals surface area contributed by atoms with Gasteiger partial charge in [-0.2, -0.15) is 4.98 Å². The number of nitro benzene ring substituents is 1. The van der Waals surface area contributed by atoms with Crippen LogP contribution in [0.5, 0.6) is 5.75 Å². The van der Waals surface area contributed by atoms with Crippen LogP contribution in [0.15, 0.2) is 48.7 Å². The predicted octanol–water partition coefficient (Wildman–Crippen LogP) is 4.56. The summed E-state index contributed by atoms with van der Waals surface area (Å²) < 4.78 is 5.58. The van der Waals surface area contributed by atoms with Crippen LogP contribution in [0, 0.1) is 10.1 Å². The van der Waals surface area contributed by atoms with Gasteiger partial charge >= 0.3 is 0 Å². The number of fused-ring (bicyclic) bond motifs is 1. The van der Waals surface area contributed by atoms with E-state index in [1.807, 2.05) is 43.1 Å². The van der Waals surface area contributed by atoms with Crippen molar-refractivity contribution in [2.75, 3.05) is 63.0 Å². The molecule has 1 aliphatic rings. The smallest absolute Gasteiger partial charge is 0.294 e. The molecule has 0 aliphatic carbocycles. The van der Waals surface area contributed by atoms with Crippen molar-refractivity contribution in [3.8, 4) is 5.75 Å². The van der Waals surface area contributed by atoms with Crippen LogP contribution in [-0.2, 0) is 5.41 Å². The maximum Gasteiger partial charge on any atom is 0.294 e. The highest BCUT2D eigenvalue weighted by Crippen LogP contribution is 2.44. The minimum atomic E-state index is -0.382. The number of nitro groups is 1. The van der Waals surface area contributed by atoms with Crippen LogP contribution in [0.25, 0.3) is 0 Å². The summed E-state index contributed by atoms with van der Waals surface area (Å²) >= 11 is 0. The highest BCUT2D eigenvalue weighted by molar-refractivity contribution is 5.77. The first kappa shape index (κ1) is 25.2. The molecule has 0 radical (unpaired) electrons. The van der Waals surface area contributed by atoms with Gasteiger partial charge in [0, 0.05) is 56.1 Å². The monoisotopic (exact) mass is 491 g/mol. The lowest BCUT2D eigenvalue weighted by Crippen LogP contribution is -2.29. The van der Waals surface area contributed by atoms with Gasteiger partial charge < -0.3 is 24.8 Å². The van der Waals surface area contributed by atoms with Crippen molar-refractivity contribution in [3.63, 3.8) is 0 Å². The second-order valence-corrected chi connectivity index (χ2v) is 9.87. The highest BCUT2D eigenvalue weighted by Gasteiger charge is 2.36. The predicted molar refractivity (Wildman–Crippen MR) is 143 cm³/mol. The molecule has 2 aromatic carbocycles. The van der Waals surface area contributed by atoms with Crippen molar-refractivity contribution in [1.82, 2.24) is 14.9 Å². The fourth-order valence-corrected chi connectivity index (χ4v) is 4.48. The Morgan fingerprint density at radius 2 is 1.92 bits per heavy atom. The Hall–Kier alpha value is -3.92. The Kier molecular flexibility index (Phi) is 6.98. The number of nitrogens with zero attached hydrogens (tertiary/aromatic N) is 6. The number of ether oxygens (including phenoxy) is 1. The first-order valence-corrected chi connectivity index (χ1v) is 11.8. The second-order valence-electron chi connectivity index (χ2n) is 9.87. The number of aromatic nitrogens is 2. The average molecular weight is 492 g/mol. The summed E-state index contributed by atoms with van der Waals surface area (Å²) in [6, 6.07) is 13.3. The van der Waals surface area contributed by atoms with Crippen molar-refractivity contribution in [3.05, 3.63) is 64.3 Å². The number of methoxy groups -OCH3 is 1. The number of benzene rings is 2. The fraction of sp³-hybridized carbons (Fsp3) is 0.385. The van der Waals surface area contributed by atoms with Gasteiger partial charge in [-0.15, -0.1) is 0 Å². The molecule has 0 fully saturated rings. The first-order valence-electron chi connectivity index (χ1n) is 11.8. The Bertz CT molecular complexity index is 1260. The van der Waals surface area contributed by atoms with Gasteiger partial charge in [0.25, 0.3) is 5.69 Å². The fourth-order valence-electron chi connectivity index (χ4n) is 4.48. The lowest BCUT2D eigenvalue weighted by Gasteiger charge is -2.23. The zero-order valence-electron chi connectivity index (χ0n) is 21.6. The van der Waals surface area contributed by atoms with Crippen molar-refractivity contribution in [2.45, 2.75) is 19.3 Å². The summed E-state index contributed by atoms with van der Waals surface area (Å²) in [6.45, 7) is 6.60. The Balaban J connectivity index is 1.66. The van der Waals surface area contributed by atoms with Crippen LogP contribution in [0.4, 0.5) is 34.5 Å². The van der Waals surface area contributed by atoms with E-state index < -0.39 is 0 Å². The van der Waals surface area contributed by atoms with Crippen molar-refractivity contribution in [1.29, 1.82) is 0 Å². The van der Waals surface area contributed by atoms with Crippen LogP contribution in [0.3, 0.4) is 0 Å². The Labute approximate surface area is 211 Å². The minimum Gasteiger partial charge on any atom is -0.494 e. The molecule has 0 saturated heterocycles. The number of nitrogens with one attached hydrogen (secondary N) is 1. The van der Waals surface area contributed by atoms with Gasteiger partial charge in [0.2, 0.25) is 5.95 Å². The van der Waals surface area contributed by atoms with Gasteiger partial charge in [-0.3, -0.25) is 10.1 Å². The van der Waals surface area contributed by atoms with Gasteiger partial charge in [-0.1, -0.05) is 32.0 Å². The summed E-state index contributed by atoms with van der Waals surface area (Å²) in [5, 5.41) is 15.1. The molecule has 0 atom stereocenters. The standard InChI is InChI=1S/C26H33N7O3/c1-26(2)17-32(20-10-8-7-9-18(20)26)24-11-12-27-25(29-24)28-19-15-22(33(34)35)21(16-23(19)36-6)31(5)14-13-30(3)4/h7-12,15-16H,13-14,17H2,1-6H3,(H,27,28,29). The van der Waals surface area contributed by atoms with E-state index in [9.17, 15) is 10.1 Å². The molecule has 0 unspecified atom stereocenters.